The lowest BCUT2D eigenvalue weighted by molar-refractivity contribution is -0.282. The van der Waals surface area contributed by atoms with E-state index in [1.165, 1.54) is 13.8 Å². The highest BCUT2D eigenvalue weighted by Gasteiger charge is 2.24. The van der Waals surface area contributed by atoms with Gasteiger partial charge in [0.25, 0.3) is 0 Å². The van der Waals surface area contributed by atoms with Crippen molar-refractivity contribution < 1.29 is 58.4 Å². The second-order valence-electron chi connectivity index (χ2n) is 6.70. The molecule has 0 heterocycles. The summed E-state index contributed by atoms with van der Waals surface area (Å²) in [5, 5.41) is 38.5. The summed E-state index contributed by atoms with van der Waals surface area (Å²) < 4.78 is 30.3. The SMILES string of the molecule is C=C(C)C(=O)OCC(O)COC(O)C(OCCOCCO)OCC(O)COC(=O)C(=C)C. The maximum absolute atomic E-state index is 11.4. The highest BCUT2D eigenvalue weighted by Crippen LogP contribution is 2.07. The lowest BCUT2D eigenvalue weighted by Crippen LogP contribution is -2.39. The normalized spacial score (nSPS) is 14.8. The van der Waals surface area contributed by atoms with Gasteiger partial charge in [0.15, 0.2) is 0 Å². The van der Waals surface area contributed by atoms with Crippen LogP contribution < -0.4 is 0 Å². The van der Waals surface area contributed by atoms with Gasteiger partial charge in [-0.2, -0.15) is 0 Å². The number of carbonyl (C=O) groups is 2. The zero-order valence-corrected chi connectivity index (χ0v) is 18.4. The third-order valence-corrected chi connectivity index (χ3v) is 3.40. The van der Waals surface area contributed by atoms with Crippen LogP contribution in [0.4, 0.5) is 0 Å². The molecule has 0 rings (SSSR count). The molecule has 12 nitrogen and oxygen atoms in total. The predicted octanol–water partition coefficient (Wildman–Crippen LogP) is -1.35. The lowest BCUT2D eigenvalue weighted by atomic mass is 10.3. The molecule has 0 aromatic rings. The minimum atomic E-state index is -1.69. The molecule has 0 saturated carbocycles. The third kappa shape index (κ3) is 15.0. The summed E-state index contributed by atoms with van der Waals surface area (Å²) in [7, 11) is 0. The monoisotopic (exact) mass is 466 g/mol. The van der Waals surface area contributed by atoms with Crippen molar-refractivity contribution in [3.8, 4) is 0 Å². The van der Waals surface area contributed by atoms with E-state index < -0.39 is 43.3 Å². The summed E-state index contributed by atoms with van der Waals surface area (Å²) in [6.45, 7) is 8.11. The average molecular weight is 466 g/mol. The Morgan fingerprint density at radius 3 is 1.72 bits per heavy atom. The van der Waals surface area contributed by atoms with Crippen LogP contribution >= 0.6 is 0 Å². The van der Waals surface area contributed by atoms with E-state index in [1.54, 1.807) is 0 Å². The first-order valence-electron chi connectivity index (χ1n) is 9.81. The maximum Gasteiger partial charge on any atom is 0.333 e. The molecule has 0 fully saturated rings. The van der Waals surface area contributed by atoms with Crippen molar-refractivity contribution in [3.63, 3.8) is 0 Å². The van der Waals surface area contributed by atoms with Crippen LogP contribution in [0.1, 0.15) is 13.8 Å². The highest BCUT2D eigenvalue weighted by molar-refractivity contribution is 5.87. The molecule has 0 radical (unpaired) electrons. The van der Waals surface area contributed by atoms with Gasteiger partial charge in [-0.1, -0.05) is 13.2 Å². The molecule has 4 unspecified atom stereocenters. The minimum absolute atomic E-state index is 0.0510. The summed E-state index contributed by atoms with van der Waals surface area (Å²) in [5.41, 5.74) is 0.328. The number of hydrogen-bond donors (Lipinski definition) is 4. The van der Waals surface area contributed by atoms with Gasteiger partial charge < -0.3 is 48.8 Å². The molecule has 186 valence electrons. The van der Waals surface area contributed by atoms with E-state index in [4.69, 9.17) is 33.5 Å². The molecule has 32 heavy (non-hydrogen) atoms. The van der Waals surface area contributed by atoms with Gasteiger partial charge in [-0.3, -0.25) is 0 Å². The van der Waals surface area contributed by atoms with E-state index in [2.05, 4.69) is 13.2 Å². The minimum Gasteiger partial charge on any atom is -0.460 e. The Morgan fingerprint density at radius 2 is 1.25 bits per heavy atom. The zero-order chi connectivity index (χ0) is 24.5. The number of esters is 2. The number of carbonyl (C=O) groups excluding carboxylic acids is 2. The van der Waals surface area contributed by atoms with Crippen molar-refractivity contribution in [1.82, 2.24) is 0 Å². The van der Waals surface area contributed by atoms with Crippen LogP contribution in [0, 0.1) is 0 Å². The van der Waals surface area contributed by atoms with Crippen LogP contribution in [0.5, 0.6) is 0 Å². The summed E-state index contributed by atoms with van der Waals surface area (Å²) in [6, 6.07) is 0. The number of aliphatic hydroxyl groups excluding tert-OH is 4. The summed E-state index contributed by atoms with van der Waals surface area (Å²) in [6.07, 6.45) is -5.56. The number of hydrogen-bond acceptors (Lipinski definition) is 12. The summed E-state index contributed by atoms with van der Waals surface area (Å²) >= 11 is 0. The van der Waals surface area contributed by atoms with Gasteiger partial charge in [0.2, 0.25) is 12.6 Å². The Morgan fingerprint density at radius 1 is 0.750 bits per heavy atom. The standard InChI is InChI=1S/C20H34O12/c1-13(2)17(24)29-9-15(22)11-31-19(26)20(28-8-7-27-6-5-21)32-12-16(23)10-30-18(25)14(3)4/h15-16,19-23,26H,1,3,5-12H2,2,4H3. The summed E-state index contributed by atoms with van der Waals surface area (Å²) in [5.74, 6) is -1.36. The van der Waals surface area contributed by atoms with E-state index in [0.29, 0.717) is 0 Å². The molecule has 0 saturated heterocycles. The number of rotatable bonds is 19. The van der Waals surface area contributed by atoms with Gasteiger partial charge in [0.05, 0.1) is 39.6 Å². The molecule has 4 atom stereocenters. The molecule has 0 bridgehead atoms. The van der Waals surface area contributed by atoms with Crippen molar-refractivity contribution in [2.75, 3.05) is 52.9 Å². The first-order chi connectivity index (χ1) is 15.1. The molecule has 4 N–H and O–H groups in total. The Bertz CT molecular complexity index is 579. The molecular weight excluding hydrogens is 432 g/mol. The largest absolute Gasteiger partial charge is 0.460 e. The van der Waals surface area contributed by atoms with Crippen LogP contribution in [0.25, 0.3) is 0 Å². The molecule has 0 aromatic carbocycles. The van der Waals surface area contributed by atoms with E-state index in [-0.39, 0.29) is 57.4 Å². The van der Waals surface area contributed by atoms with Crippen molar-refractivity contribution in [2.45, 2.75) is 38.6 Å². The van der Waals surface area contributed by atoms with Crippen LogP contribution in [-0.2, 0) is 38.0 Å². The van der Waals surface area contributed by atoms with E-state index >= 15 is 0 Å². The molecule has 0 amide bonds. The first kappa shape index (κ1) is 30.1. The number of ether oxygens (including phenoxy) is 6. The first-order valence-corrected chi connectivity index (χ1v) is 9.81. The topological polar surface area (TPSA) is 170 Å². The van der Waals surface area contributed by atoms with Gasteiger partial charge in [-0.25, -0.2) is 9.59 Å². The molecule has 0 spiro atoms. The molecule has 0 aliphatic rings. The molecule has 0 aliphatic carbocycles. The van der Waals surface area contributed by atoms with E-state index in [9.17, 15) is 24.9 Å². The van der Waals surface area contributed by atoms with Gasteiger partial charge in [-0.05, 0) is 13.8 Å². The molecule has 12 heteroatoms. The molecular formula is C20H34O12. The van der Waals surface area contributed by atoms with Gasteiger partial charge in [0.1, 0.15) is 25.4 Å². The lowest BCUT2D eigenvalue weighted by Gasteiger charge is -2.25. The zero-order valence-electron chi connectivity index (χ0n) is 18.4. The second kappa shape index (κ2) is 17.6. The fourth-order valence-electron chi connectivity index (χ4n) is 1.78. The highest BCUT2D eigenvalue weighted by atomic mass is 16.7. The van der Waals surface area contributed by atoms with Gasteiger partial charge in [-0.15, -0.1) is 0 Å². The van der Waals surface area contributed by atoms with Crippen LogP contribution in [0.2, 0.25) is 0 Å². The van der Waals surface area contributed by atoms with E-state index in [0.717, 1.165) is 0 Å². The maximum atomic E-state index is 11.4. The predicted molar refractivity (Wildman–Crippen MR) is 109 cm³/mol. The third-order valence-electron chi connectivity index (χ3n) is 3.40. The van der Waals surface area contributed by atoms with E-state index in [1.807, 2.05) is 0 Å². The fourth-order valence-corrected chi connectivity index (χ4v) is 1.78. The second-order valence-corrected chi connectivity index (χ2v) is 6.70. The Kier molecular flexibility index (Phi) is 16.6. The van der Waals surface area contributed by atoms with Gasteiger partial charge >= 0.3 is 11.9 Å². The quantitative estimate of drug-likeness (QED) is 0.0765. The smallest absolute Gasteiger partial charge is 0.333 e. The summed E-state index contributed by atoms with van der Waals surface area (Å²) in [4.78, 5) is 22.7. The van der Waals surface area contributed by atoms with Crippen LogP contribution in [0.15, 0.2) is 24.3 Å². The fraction of sp³-hybridized carbons (Fsp3) is 0.700. The Labute approximate surface area is 186 Å². The van der Waals surface area contributed by atoms with Crippen LogP contribution in [0.3, 0.4) is 0 Å². The molecule has 0 aromatic heterocycles. The van der Waals surface area contributed by atoms with Crippen molar-refractivity contribution in [2.24, 2.45) is 0 Å². The Balaban J connectivity index is 4.57. The van der Waals surface area contributed by atoms with Crippen LogP contribution in [-0.4, -0.2) is 110 Å². The Hall–Kier alpha value is -1.90. The molecule has 0 aliphatic heterocycles. The number of aliphatic hydroxyl groups is 4. The van der Waals surface area contributed by atoms with Crippen molar-refractivity contribution >= 4 is 11.9 Å². The van der Waals surface area contributed by atoms with Crippen molar-refractivity contribution in [1.29, 1.82) is 0 Å². The van der Waals surface area contributed by atoms with Gasteiger partial charge in [0, 0.05) is 11.1 Å². The van der Waals surface area contributed by atoms with Crippen molar-refractivity contribution in [3.05, 3.63) is 24.3 Å². The average Bonchev–Trinajstić information content (AvgIpc) is 2.75.